The highest BCUT2D eigenvalue weighted by Crippen LogP contribution is 2.20. The molecule has 1 aromatic heterocycles. The predicted molar refractivity (Wildman–Crippen MR) is 77.7 cm³/mol. The van der Waals surface area contributed by atoms with Crippen LogP contribution in [-0.2, 0) is 19.0 Å². The van der Waals surface area contributed by atoms with Crippen molar-refractivity contribution in [3.05, 3.63) is 22.5 Å². The highest BCUT2D eigenvalue weighted by Gasteiger charge is 2.27. The first-order chi connectivity index (χ1) is 10.4. The first-order valence-electron chi connectivity index (χ1n) is 7.02. The zero-order chi connectivity index (χ0) is 16.9. The number of carbonyl (C=O) groups is 3. The molecule has 0 spiro atoms. The molecule has 0 amide bonds. The van der Waals surface area contributed by atoms with E-state index in [9.17, 15) is 14.4 Å². The largest absolute Gasteiger partial charge is 0.466 e. The van der Waals surface area contributed by atoms with Gasteiger partial charge in [0.2, 0.25) is 0 Å². The number of H-pyrrole nitrogens is 1. The molecule has 0 unspecified atom stereocenters. The third-order valence-corrected chi connectivity index (χ3v) is 3.21. The van der Waals surface area contributed by atoms with Crippen LogP contribution in [0.3, 0.4) is 0 Å². The van der Waals surface area contributed by atoms with Crippen LogP contribution < -0.4 is 0 Å². The van der Waals surface area contributed by atoms with Crippen LogP contribution in [0.5, 0.6) is 0 Å². The van der Waals surface area contributed by atoms with Gasteiger partial charge >= 0.3 is 17.9 Å². The highest BCUT2D eigenvalue weighted by molar-refractivity contribution is 5.99. The second-order valence-electron chi connectivity index (χ2n) is 4.67. The molecule has 1 aromatic rings. The lowest BCUT2D eigenvalue weighted by Gasteiger charge is -2.13. The minimum atomic E-state index is -0.980. The van der Waals surface area contributed by atoms with E-state index in [1.54, 1.807) is 27.7 Å². The standard InChI is InChI=1S/C15H21NO6/c1-6-10(13(17)20-5)22-15(19)12-8(3)11(9(4)16-12)14(18)21-7-2/h10,16H,6-7H2,1-5H3/t10-/m1/s1. The summed E-state index contributed by atoms with van der Waals surface area (Å²) in [6.45, 7) is 6.92. The van der Waals surface area contributed by atoms with Gasteiger partial charge in [-0.25, -0.2) is 14.4 Å². The van der Waals surface area contributed by atoms with Crippen LogP contribution in [0.25, 0.3) is 0 Å². The molecule has 7 nitrogen and oxygen atoms in total. The first-order valence-corrected chi connectivity index (χ1v) is 7.02. The van der Waals surface area contributed by atoms with Crippen molar-refractivity contribution in [3.8, 4) is 0 Å². The Hall–Kier alpha value is -2.31. The number of hydrogen-bond acceptors (Lipinski definition) is 6. The smallest absolute Gasteiger partial charge is 0.355 e. The van der Waals surface area contributed by atoms with Crippen molar-refractivity contribution < 1.29 is 28.6 Å². The van der Waals surface area contributed by atoms with Crippen LogP contribution >= 0.6 is 0 Å². The monoisotopic (exact) mass is 311 g/mol. The molecule has 0 saturated heterocycles. The maximum Gasteiger partial charge on any atom is 0.355 e. The van der Waals surface area contributed by atoms with Gasteiger partial charge in [-0.1, -0.05) is 6.92 Å². The number of aromatic nitrogens is 1. The molecule has 0 aromatic carbocycles. The van der Waals surface area contributed by atoms with E-state index in [-0.39, 0.29) is 12.3 Å². The van der Waals surface area contributed by atoms with E-state index in [1.165, 1.54) is 7.11 Å². The fourth-order valence-electron chi connectivity index (χ4n) is 2.08. The minimum Gasteiger partial charge on any atom is -0.466 e. The number of esters is 3. The molecule has 0 radical (unpaired) electrons. The minimum absolute atomic E-state index is 0.128. The van der Waals surface area contributed by atoms with Crippen molar-refractivity contribution >= 4 is 17.9 Å². The van der Waals surface area contributed by atoms with E-state index in [0.29, 0.717) is 23.2 Å². The summed E-state index contributed by atoms with van der Waals surface area (Å²) in [6, 6.07) is 0. The number of aromatic amines is 1. The molecule has 0 aliphatic heterocycles. The average molecular weight is 311 g/mol. The Labute approximate surface area is 128 Å². The normalized spacial score (nSPS) is 11.7. The van der Waals surface area contributed by atoms with Gasteiger partial charge in [0.25, 0.3) is 0 Å². The summed E-state index contributed by atoms with van der Waals surface area (Å²) < 4.78 is 14.7. The van der Waals surface area contributed by atoms with Crippen LogP contribution in [0, 0.1) is 13.8 Å². The van der Waals surface area contributed by atoms with Crippen LogP contribution in [0.1, 0.15) is 52.4 Å². The van der Waals surface area contributed by atoms with E-state index in [1.807, 2.05) is 0 Å². The lowest BCUT2D eigenvalue weighted by Crippen LogP contribution is -2.28. The van der Waals surface area contributed by atoms with Gasteiger partial charge in [0.15, 0.2) is 6.10 Å². The van der Waals surface area contributed by atoms with Crippen molar-refractivity contribution in [1.82, 2.24) is 4.98 Å². The second kappa shape index (κ2) is 7.63. The number of aryl methyl sites for hydroxylation is 1. The number of rotatable bonds is 6. The van der Waals surface area contributed by atoms with Crippen LogP contribution in [0.2, 0.25) is 0 Å². The number of carbonyl (C=O) groups excluding carboxylic acids is 3. The van der Waals surface area contributed by atoms with Crippen LogP contribution in [-0.4, -0.2) is 42.7 Å². The molecule has 1 atom stereocenters. The Morgan fingerprint density at radius 1 is 1.14 bits per heavy atom. The molecule has 0 fully saturated rings. The quantitative estimate of drug-likeness (QED) is 0.637. The molecular weight excluding hydrogens is 290 g/mol. The third kappa shape index (κ3) is 3.66. The SMILES string of the molecule is CCOC(=O)c1c(C)[nH]c(C(=O)O[C@H](CC)C(=O)OC)c1C. The first kappa shape index (κ1) is 17.7. The van der Waals surface area contributed by atoms with Gasteiger partial charge in [0.1, 0.15) is 5.69 Å². The van der Waals surface area contributed by atoms with Crippen molar-refractivity contribution in [2.75, 3.05) is 13.7 Å². The molecular formula is C15H21NO6. The van der Waals surface area contributed by atoms with E-state index >= 15 is 0 Å². The molecule has 0 aliphatic carbocycles. The topological polar surface area (TPSA) is 94.7 Å². The zero-order valence-corrected chi connectivity index (χ0v) is 13.4. The molecule has 22 heavy (non-hydrogen) atoms. The Bertz CT molecular complexity index is 575. The van der Waals surface area contributed by atoms with Gasteiger partial charge < -0.3 is 19.2 Å². The predicted octanol–water partition coefficient (Wildman–Crippen LogP) is 1.92. The number of ether oxygens (including phenoxy) is 3. The van der Waals surface area contributed by atoms with E-state index < -0.39 is 24.0 Å². The van der Waals surface area contributed by atoms with Gasteiger partial charge in [0.05, 0.1) is 19.3 Å². The Kier molecular flexibility index (Phi) is 6.15. The molecule has 1 heterocycles. The number of nitrogens with one attached hydrogen (secondary N) is 1. The van der Waals surface area contributed by atoms with Crippen molar-refractivity contribution in [2.45, 2.75) is 40.2 Å². The summed E-state index contributed by atoms with van der Waals surface area (Å²) in [7, 11) is 1.22. The van der Waals surface area contributed by atoms with Gasteiger partial charge in [-0.2, -0.15) is 0 Å². The average Bonchev–Trinajstić information content (AvgIpc) is 2.79. The third-order valence-electron chi connectivity index (χ3n) is 3.21. The summed E-state index contributed by atoms with van der Waals surface area (Å²) in [5.41, 5.74) is 1.37. The summed E-state index contributed by atoms with van der Waals surface area (Å²) >= 11 is 0. The summed E-state index contributed by atoms with van der Waals surface area (Å²) in [6.07, 6.45) is -0.687. The maximum absolute atomic E-state index is 12.2. The molecule has 1 N–H and O–H groups in total. The molecule has 0 bridgehead atoms. The fraction of sp³-hybridized carbons (Fsp3) is 0.533. The van der Waals surface area contributed by atoms with Crippen LogP contribution in [0.4, 0.5) is 0 Å². The van der Waals surface area contributed by atoms with E-state index in [2.05, 4.69) is 9.72 Å². The summed E-state index contributed by atoms with van der Waals surface area (Å²) in [4.78, 5) is 38.4. The zero-order valence-electron chi connectivity index (χ0n) is 13.4. The van der Waals surface area contributed by atoms with Gasteiger partial charge in [-0.15, -0.1) is 0 Å². The number of hydrogen-bond donors (Lipinski definition) is 1. The summed E-state index contributed by atoms with van der Waals surface area (Å²) in [5, 5.41) is 0. The fourth-order valence-corrected chi connectivity index (χ4v) is 2.08. The molecule has 122 valence electrons. The van der Waals surface area contributed by atoms with Crippen molar-refractivity contribution in [1.29, 1.82) is 0 Å². The van der Waals surface area contributed by atoms with Crippen LogP contribution in [0.15, 0.2) is 0 Å². The lowest BCUT2D eigenvalue weighted by atomic mass is 10.1. The van der Waals surface area contributed by atoms with Gasteiger partial charge in [0, 0.05) is 5.69 Å². The Morgan fingerprint density at radius 2 is 1.77 bits per heavy atom. The molecule has 7 heteroatoms. The van der Waals surface area contributed by atoms with Crippen molar-refractivity contribution in [2.24, 2.45) is 0 Å². The second-order valence-corrected chi connectivity index (χ2v) is 4.67. The lowest BCUT2D eigenvalue weighted by molar-refractivity contribution is -0.151. The Balaban J connectivity index is 3.02. The number of methoxy groups -OCH3 is 1. The Morgan fingerprint density at radius 3 is 2.27 bits per heavy atom. The molecule has 0 aliphatic rings. The maximum atomic E-state index is 12.2. The van der Waals surface area contributed by atoms with E-state index in [4.69, 9.17) is 9.47 Å². The highest BCUT2D eigenvalue weighted by atomic mass is 16.6. The van der Waals surface area contributed by atoms with Gasteiger partial charge in [-0.3, -0.25) is 0 Å². The molecule has 1 rings (SSSR count). The molecule has 0 saturated carbocycles. The summed E-state index contributed by atoms with van der Waals surface area (Å²) in [5.74, 6) is -1.84. The van der Waals surface area contributed by atoms with Crippen molar-refractivity contribution in [3.63, 3.8) is 0 Å². The van der Waals surface area contributed by atoms with Gasteiger partial charge in [-0.05, 0) is 32.8 Å². The van der Waals surface area contributed by atoms with E-state index in [0.717, 1.165) is 0 Å².